The van der Waals surface area contributed by atoms with Crippen molar-refractivity contribution < 1.29 is 0 Å². The highest BCUT2D eigenvalue weighted by Gasteiger charge is 1.95. The van der Waals surface area contributed by atoms with Gasteiger partial charge in [-0.05, 0) is 24.3 Å². The van der Waals surface area contributed by atoms with Crippen molar-refractivity contribution >= 4 is 27.7 Å². The second kappa shape index (κ2) is 5.51. The summed E-state index contributed by atoms with van der Waals surface area (Å²) in [7, 11) is 0. The summed E-state index contributed by atoms with van der Waals surface area (Å²) in [5.74, 6) is 1.05. The highest BCUT2D eigenvalue weighted by Crippen LogP contribution is 2.25. The first-order valence-corrected chi connectivity index (χ1v) is 5.97. The van der Waals surface area contributed by atoms with Crippen molar-refractivity contribution in [1.82, 2.24) is 0 Å². The third-order valence-corrected chi connectivity index (χ3v) is 3.86. The Hall–Kier alpha value is -0.210. The Bertz CT molecular complexity index is 286. The molecule has 0 saturated carbocycles. The average Bonchev–Trinajstić information content (AvgIpc) is 2.15. The fraction of sp³-hybridized carbons (Fsp3) is 0.273. The minimum atomic E-state index is 1.05. The van der Waals surface area contributed by atoms with Crippen LogP contribution >= 0.6 is 27.7 Å². The third-order valence-electron chi connectivity index (χ3n) is 1.78. The molecule has 0 fully saturated rings. The monoisotopic (exact) mass is 256 g/mol. The van der Waals surface area contributed by atoms with E-state index in [2.05, 4.69) is 54.0 Å². The zero-order chi connectivity index (χ0) is 9.68. The fourth-order valence-corrected chi connectivity index (χ4v) is 1.98. The molecule has 0 amide bonds. The Balaban J connectivity index is 2.49. The molecule has 0 aliphatic carbocycles. The van der Waals surface area contributed by atoms with Gasteiger partial charge in [-0.3, -0.25) is 0 Å². The Morgan fingerprint density at radius 3 is 2.38 bits per heavy atom. The van der Waals surface area contributed by atoms with Gasteiger partial charge >= 0.3 is 0 Å². The van der Waals surface area contributed by atoms with E-state index in [0.717, 1.165) is 5.75 Å². The Morgan fingerprint density at radius 1 is 1.23 bits per heavy atom. The Kier molecular flexibility index (Phi) is 4.60. The number of thioether (sulfide) groups is 1. The molecule has 1 aromatic rings. The second-order valence-electron chi connectivity index (χ2n) is 2.86. The third kappa shape index (κ3) is 4.01. The lowest BCUT2D eigenvalue weighted by molar-refractivity contribution is 1.41. The minimum absolute atomic E-state index is 1.05. The molecule has 0 aliphatic rings. The summed E-state index contributed by atoms with van der Waals surface area (Å²) in [6, 6.07) is 10.5. The second-order valence-corrected chi connectivity index (χ2v) is 5.24. The molecule has 0 bridgehead atoms. The van der Waals surface area contributed by atoms with Crippen LogP contribution in [0.25, 0.3) is 0 Å². The van der Waals surface area contributed by atoms with Crippen LogP contribution in [-0.2, 0) is 5.75 Å². The number of hydrogen-bond donors (Lipinski definition) is 0. The van der Waals surface area contributed by atoms with Crippen molar-refractivity contribution in [3.8, 4) is 0 Å². The smallest absolute Gasteiger partial charge is 0.0228 e. The van der Waals surface area contributed by atoms with Crippen LogP contribution in [0.1, 0.15) is 19.4 Å². The zero-order valence-electron chi connectivity index (χ0n) is 7.88. The summed E-state index contributed by atoms with van der Waals surface area (Å²) < 4.78 is 1.23. The summed E-state index contributed by atoms with van der Waals surface area (Å²) in [5.41, 5.74) is 1.38. The lowest BCUT2D eigenvalue weighted by atomic mass is 10.2. The quantitative estimate of drug-likeness (QED) is 0.764. The van der Waals surface area contributed by atoms with E-state index in [4.69, 9.17) is 0 Å². The van der Waals surface area contributed by atoms with Crippen molar-refractivity contribution in [2.24, 2.45) is 0 Å². The molecule has 0 N–H and O–H groups in total. The number of rotatable bonds is 3. The van der Waals surface area contributed by atoms with Crippen LogP contribution in [0.15, 0.2) is 39.7 Å². The lowest BCUT2D eigenvalue weighted by Crippen LogP contribution is -1.79. The summed E-state index contributed by atoms with van der Waals surface area (Å²) in [4.78, 5) is 1.35. The molecule has 0 radical (unpaired) electrons. The first-order valence-electron chi connectivity index (χ1n) is 4.20. The predicted octanol–water partition coefficient (Wildman–Crippen LogP) is 4.57. The van der Waals surface area contributed by atoms with Crippen LogP contribution in [0, 0.1) is 0 Å². The highest BCUT2D eigenvalue weighted by atomic mass is 79.9. The molecule has 70 valence electrons. The van der Waals surface area contributed by atoms with Crippen molar-refractivity contribution in [3.05, 3.63) is 45.3 Å². The molecule has 0 saturated heterocycles. The number of hydrogen-bond acceptors (Lipinski definition) is 1. The first-order chi connectivity index (χ1) is 6.20. The van der Waals surface area contributed by atoms with Gasteiger partial charge in [-0.1, -0.05) is 46.3 Å². The van der Waals surface area contributed by atoms with E-state index in [1.165, 1.54) is 15.0 Å². The van der Waals surface area contributed by atoms with Crippen LogP contribution in [0.2, 0.25) is 0 Å². The average molecular weight is 257 g/mol. The van der Waals surface area contributed by atoms with Gasteiger partial charge in [-0.25, -0.2) is 0 Å². The molecule has 0 nitrogen and oxygen atoms in total. The number of halogens is 1. The van der Waals surface area contributed by atoms with E-state index >= 15 is 0 Å². The van der Waals surface area contributed by atoms with Crippen LogP contribution in [0.4, 0.5) is 0 Å². The van der Waals surface area contributed by atoms with E-state index in [9.17, 15) is 0 Å². The molecule has 13 heavy (non-hydrogen) atoms. The molecule has 2 heteroatoms. The van der Waals surface area contributed by atoms with Crippen molar-refractivity contribution in [3.63, 3.8) is 0 Å². The maximum Gasteiger partial charge on any atom is 0.0228 e. The number of benzene rings is 1. The van der Waals surface area contributed by atoms with E-state index in [1.54, 1.807) is 0 Å². The maximum atomic E-state index is 3.47. The van der Waals surface area contributed by atoms with Gasteiger partial charge < -0.3 is 0 Å². The van der Waals surface area contributed by atoms with Crippen molar-refractivity contribution in [2.75, 3.05) is 0 Å². The molecule has 0 spiro atoms. The van der Waals surface area contributed by atoms with Crippen molar-refractivity contribution in [1.29, 1.82) is 0 Å². The highest BCUT2D eigenvalue weighted by molar-refractivity contribution is 9.11. The van der Waals surface area contributed by atoms with Gasteiger partial charge in [-0.2, -0.15) is 0 Å². The van der Waals surface area contributed by atoms with Gasteiger partial charge in [0.2, 0.25) is 0 Å². The summed E-state index contributed by atoms with van der Waals surface area (Å²) in [5, 5.41) is 0. The standard InChI is InChI=1S/C11H13BrS/c1-9(12)10(2)13-8-11-6-4-3-5-7-11/h3-7H,8H2,1-2H3. The normalized spacial score (nSPS) is 12.5. The summed E-state index contributed by atoms with van der Waals surface area (Å²) in [6.07, 6.45) is 0. The molecule has 0 aliphatic heterocycles. The predicted molar refractivity (Wildman–Crippen MR) is 65.0 cm³/mol. The van der Waals surface area contributed by atoms with Crippen LogP contribution < -0.4 is 0 Å². The van der Waals surface area contributed by atoms with Gasteiger partial charge in [0.05, 0.1) is 0 Å². The van der Waals surface area contributed by atoms with Crippen LogP contribution in [0.3, 0.4) is 0 Å². The van der Waals surface area contributed by atoms with Gasteiger partial charge in [0.25, 0.3) is 0 Å². The van der Waals surface area contributed by atoms with Crippen LogP contribution in [0.5, 0.6) is 0 Å². The molecular weight excluding hydrogens is 244 g/mol. The van der Waals surface area contributed by atoms with Gasteiger partial charge in [0, 0.05) is 10.2 Å². The molecule has 0 unspecified atom stereocenters. The van der Waals surface area contributed by atoms with Gasteiger partial charge in [0.15, 0.2) is 0 Å². The molecular formula is C11H13BrS. The fourth-order valence-electron chi connectivity index (χ4n) is 0.865. The van der Waals surface area contributed by atoms with Crippen LogP contribution in [-0.4, -0.2) is 0 Å². The molecule has 0 heterocycles. The van der Waals surface area contributed by atoms with Gasteiger partial charge in [0.1, 0.15) is 0 Å². The summed E-state index contributed by atoms with van der Waals surface area (Å²) in [6.45, 7) is 4.21. The first kappa shape index (κ1) is 10.9. The Labute approximate surface area is 92.6 Å². The topological polar surface area (TPSA) is 0 Å². The molecule has 1 rings (SSSR count). The maximum absolute atomic E-state index is 3.47. The lowest BCUT2D eigenvalue weighted by Gasteiger charge is -2.02. The molecule has 1 aromatic carbocycles. The van der Waals surface area contributed by atoms with E-state index in [0.29, 0.717) is 0 Å². The minimum Gasteiger partial charge on any atom is -0.125 e. The van der Waals surface area contributed by atoms with E-state index in [-0.39, 0.29) is 0 Å². The van der Waals surface area contributed by atoms with Crippen molar-refractivity contribution in [2.45, 2.75) is 19.6 Å². The largest absolute Gasteiger partial charge is 0.125 e. The van der Waals surface area contributed by atoms with E-state index in [1.807, 2.05) is 17.8 Å². The molecule has 0 atom stereocenters. The number of allylic oxidation sites excluding steroid dienone is 2. The Morgan fingerprint density at radius 2 is 1.85 bits per heavy atom. The van der Waals surface area contributed by atoms with Gasteiger partial charge in [-0.15, -0.1) is 11.8 Å². The zero-order valence-corrected chi connectivity index (χ0v) is 10.3. The molecule has 0 aromatic heterocycles. The summed E-state index contributed by atoms with van der Waals surface area (Å²) >= 11 is 5.34. The SMILES string of the molecule is CC(Br)=C(C)SCc1ccccc1. The van der Waals surface area contributed by atoms with E-state index < -0.39 is 0 Å².